The lowest BCUT2D eigenvalue weighted by Gasteiger charge is -2.20. The van der Waals surface area contributed by atoms with Gasteiger partial charge in [-0.15, -0.1) is 0 Å². The molecular weight excluding hydrogens is 226 g/mol. The molecule has 0 radical (unpaired) electrons. The molecule has 4 nitrogen and oxygen atoms in total. The summed E-state index contributed by atoms with van der Waals surface area (Å²) in [7, 11) is 1.75. The molecule has 1 aliphatic heterocycles. The number of methoxy groups -OCH3 is 1. The second kappa shape index (κ2) is 5.33. The summed E-state index contributed by atoms with van der Waals surface area (Å²) in [5.74, 6) is 1.73. The zero-order valence-corrected chi connectivity index (χ0v) is 11.0. The van der Waals surface area contributed by atoms with Crippen molar-refractivity contribution in [1.82, 2.24) is 15.3 Å². The highest BCUT2D eigenvalue weighted by atomic mass is 16.5. The first-order valence-corrected chi connectivity index (χ1v) is 6.96. The predicted molar refractivity (Wildman–Crippen MR) is 69.6 cm³/mol. The first-order valence-electron chi connectivity index (χ1n) is 6.96. The molecule has 98 valence electrons. The van der Waals surface area contributed by atoms with Crippen molar-refractivity contribution in [3.63, 3.8) is 0 Å². The lowest BCUT2D eigenvalue weighted by Crippen LogP contribution is -2.27. The zero-order chi connectivity index (χ0) is 12.4. The molecule has 4 heteroatoms. The quantitative estimate of drug-likeness (QED) is 0.802. The maximum absolute atomic E-state index is 5.10. The number of ether oxygens (including phenoxy) is 1. The first-order chi connectivity index (χ1) is 8.88. The van der Waals surface area contributed by atoms with Crippen molar-refractivity contribution in [1.29, 1.82) is 0 Å². The number of aryl methyl sites for hydroxylation is 1. The summed E-state index contributed by atoms with van der Waals surface area (Å²) in [6.07, 6.45) is 5.61. The Morgan fingerprint density at radius 1 is 1.33 bits per heavy atom. The number of nitrogens with one attached hydrogen (secondary N) is 1. The van der Waals surface area contributed by atoms with Crippen LogP contribution >= 0.6 is 0 Å². The molecule has 0 amide bonds. The molecule has 1 aliphatic carbocycles. The van der Waals surface area contributed by atoms with Gasteiger partial charge in [0.15, 0.2) is 0 Å². The number of hydrogen-bond donors (Lipinski definition) is 1. The summed E-state index contributed by atoms with van der Waals surface area (Å²) < 4.78 is 5.10. The van der Waals surface area contributed by atoms with Crippen LogP contribution in [0.2, 0.25) is 0 Å². The van der Waals surface area contributed by atoms with Crippen molar-refractivity contribution in [3.05, 3.63) is 22.8 Å². The third-order valence-electron chi connectivity index (χ3n) is 3.72. The van der Waals surface area contributed by atoms with Crippen molar-refractivity contribution in [2.24, 2.45) is 0 Å². The molecule has 0 bridgehead atoms. The largest absolute Gasteiger partial charge is 0.385 e. The summed E-state index contributed by atoms with van der Waals surface area (Å²) in [5.41, 5.74) is 4.01. The molecule has 1 fully saturated rings. The van der Waals surface area contributed by atoms with Crippen LogP contribution in [0.5, 0.6) is 0 Å². The van der Waals surface area contributed by atoms with Gasteiger partial charge in [0.1, 0.15) is 5.82 Å². The molecule has 3 rings (SSSR count). The van der Waals surface area contributed by atoms with Crippen LogP contribution in [0.3, 0.4) is 0 Å². The molecule has 0 atom stereocenters. The van der Waals surface area contributed by atoms with Gasteiger partial charge in [-0.05, 0) is 19.3 Å². The van der Waals surface area contributed by atoms with E-state index in [4.69, 9.17) is 14.7 Å². The van der Waals surface area contributed by atoms with Gasteiger partial charge >= 0.3 is 0 Å². The Balaban J connectivity index is 1.84. The van der Waals surface area contributed by atoms with Crippen molar-refractivity contribution in [2.45, 2.75) is 44.6 Å². The van der Waals surface area contributed by atoms with Crippen LogP contribution in [-0.2, 0) is 24.1 Å². The van der Waals surface area contributed by atoms with Gasteiger partial charge in [-0.1, -0.05) is 0 Å². The van der Waals surface area contributed by atoms with E-state index in [0.717, 1.165) is 44.8 Å². The lowest BCUT2D eigenvalue weighted by atomic mass is 10.0. The smallest absolute Gasteiger partial charge is 0.128 e. The van der Waals surface area contributed by atoms with Gasteiger partial charge in [0.2, 0.25) is 0 Å². The predicted octanol–water partition coefficient (Wildman–Crippen LogP) is 1.58. The molecule has 0 aromatic carbocycles. The fourth-order valence-corrected chi connectivity index (χ4v) is 2.60. The Morgan fingerprint density at radius 3 is 3.00 bits per heavy atom. The molecule has 18 heavy (non-hydrogen) atoms. The Hall–Kier alpha value is -1.00. The number of rotatable bonds is 5. The Morgan fingerprint density at radius 2 is 2.22 bits per heavy atom. The third-order valence-corrected chi connectivity index (χ3v) is 3.72. The van der Waals surface area contributed by atoms with Crippen LogP contribution in [0.15, 0.2) is 0 Å². The highest BCUT2D eigenvalue weighted by Crippen LogP contribution is 2.41. The van der Waals surface area contributed by atoms with E-state index < -0.39 is 0 Å². The fourth-order valence-electron chi connectivity index (χ4n) is 2.60. The van der Waals surface area contributed by atoms with Gasteiger partial charge in [0.05, 0.1) is 11.4 Å². The van der Waals surface area contributed by atoms with E-state index in [1.807, 2.05) is 0 Å². The zero-order valence-electron chi connectivity index (χ0n) is 11.0. The van der Waals surface area contributed by atoms with E-state index in [-0.39, 0.29) is 0 Å². The number of nitrogens with zero attached hydrogens (tertiary/aromatic N) is 2. The van der Waals surface area contributed by atoms with Gasteiger partial charge in [0, 0.05) is 51.1 Å². The average molecular weight is 247 g/mol. The Labute approximate surface area is 108 Å². The van der Waals surface area contributed by atoms with Crippen molar-refractivity contribution in [2.75, 3.05) is 20.3 Å². The van der Waals surface area contributed by atoms with Gasteiger partial charge in [-0.3, -0.25) is 0 Å². The highest BCUT2D eigenvalue weighted by molar-refractivity contribution is 5.33. The van der Waals surface area contributed by atoms with Crippen LogP contribution in [0.1, 0.15) is 48.0 Å². The van der Waals surface area contributed by atoms with Gasteiger partial charge in [-0.2, -0.15) is 0 Å². The standard InChI is InChI=1S/C14H21N3O/c1-18-8-2-3-13-16-12-6-7-15-9-11(12)14(17-13)10-4-5-10/h10,15H,2-9H2,1H3. The van der Waals surface area contributed by atoms with Crippen molar-refractivity contribution in [3.8, 4) is 0 Å². The molecule has 1 aromatic rings. The summed E-state index contributed by atoms with van der Waals surface area (Å²) in [6, 6.07) is 0. The van der Waals surface area contributed by atoms with Gasteiger partial charge in [0.25, 0.3) is 0 Å². The first kappa shape index (κ1) is 12.1. The monoisotopic (exact) mass is 247 g/mol. The number of aromatic nitrogens is 2. The van der Waals surface area contributed by atoms with E-state index in [1.54, 1.807) is 7.11 Å². The van der Waals surface area contributed by atoms with Crippen LogP contribution < -0.4 is 5.32 Å². The minimum absolute atomic E-state index is 0.711. The molecule has 1 aromatic heterocycles. The molecule has 0 unspecified atom stereocenters. The topological polar surface area (TPSA) is 47.0 Å². The molecule has 0 saturated heterocycles. The molecular formula is C14H21N3O. The maximum Gasteiger partial charge on any atom is 0.128 e. The molecule has 2 aliphatic rings. The maximum atomic E-state index is 5.10. The Bertz CT molecular complexity index is 429. The highest BCUT2D eigenvalue weighted by Gasteiger charge is 2.30. The summed E-state index contributed by atoms with van der Waals surface area (Å²) in [6.45, 7) is 2.80. The van der Waals surface area contributed by atoms with Crippen molar-refractivity contribution < 1.29 is 4.74 Å². The summed E-state index contributed by atoms with van der Waals surface area (Å²) >= 11 is 0. The van der Waals surface area contributed by atoms with Gasteiger partial charge in [-0.25, -0.2) is 9.97 Å². The van der Waals surface area contributed by atoms with Crippen LogP contribution in [0, 0.1) is 0 Å². The molecule has 1 N–H and O–H groups in total. The van der Waals surface area contributed by atoms with E-state index in [2.05, 4.69) is 5.32 Å². The lowest BCUT2D eigenvalue weighted by molar-refractivity contribution is 0.194. The molecule has 0 spiro atoms. The SMILES string of the molecule is COCCCc1nc2c(c(C3CC3)n1)CNCC2. The van der Waals surface area contributed by atoms with Crippen LogP contribution in [0.4, 0.5) is 0 Å². The minimum Gasteiger partial charge on any atom is -0.385 e. The second-order valence-corrected chi connectivity index (χ2v) is 5.25. The summed E-state index contributed by atoms with van der Waals surface area (Å²) in [5, 5.41) is 3.44. The van der Waals surface area contributed by atoms with Crippen molar-refractivity contribution >= 4 is 0 Å². The van der Waals surface area contributed by atoms with Gasteiger partial charge < -0.3 is 10.1 Å². The molecule has 1 saturated carbocycles. The van der Waals surface area contributed by atoms with E-state index in [0.29, 0.717) is 5.92 Å². The van der Waals surface area contributed by atoms with Crippen LogP contribution in [0.25, 0.3) is 0 Å². The normalized spacial score (nSPS) is 18.7. The number of fused-ring (bicyclic) bond motifs is 1. The fraction of sp³-hybridized carbons (Fsp3) is 0.714. The summed E-state index contributed by atoms with van der Waals surface area (Å²) in [4.78, 5) is 9.56. The molecule has 2 heterocycles. The third kappa shape index (κ3) is 2.54. The average Bonchev–Trinajstić information content (AvgIpc) is 3.22. The minimum atomic E-state index is 0.711. The van der Waals surface area contributed by atoms with E-state index in [1.165, 1.54) is 29.8 Å². The van der Waals surface area contributed by atoms with E-state index in [9.17, 15) is 0 Å². The second-order valence-electron chi connectivity index (χ2n) is 5.25. The Kier molecular flexibility index (Phi) is 3.57. The van der Waals surface area contributed by atoms with Crippen LogP contribution in [-0.4, -0.2) is 30.2 Å². The number of hydrogen-bond acceptors (Lipinski definition) is 4. The van der Waals surface area contributed by atoms with E-state index >= 15 is 0 Å².